The van der Waals surface area contributed by atoms with Gasteiger partial charge < -0.3 is 10.0 Å². The maximum atomic E-state index is 11.0. The van der Waals surface area contributed by atoms with E-state index in [-0.39, 0.29) is 0 Å². The maximum Gasteiger partial charge on any atom is 0.335 e. The molecular weight excluding hydrogens is 226 g/mol. The molecule has 0 aliphatic heterocycles. The Kier molecular flexibility index (Phi) is 3.60. The molecule has 0 heterocycles. The molecule has 0 bridgehead atoms. The quantitative estimate of drug-likeness (QED) is 0.867. The third-order valence-corrected chi connectivity index (χ3v) is 3.55. The highest BCUT2D eigenvalue weighted by Gasteiger charge is 2.26. The van der Waals surface area contributed by atoms with Crippen LogP contribution in [0.1, 0.15) is 42.6 Å². The number of hydrogen-bond acceptors (Lipinski definition) is 2. The summed E-state index contributed by atoms with van der Waals surface area (Å²) in [5.74, 6) is -0.0239. The normalized spacial score (nSPS) is 14.9. The lowest BCUT2D eigenvalue weighted by Crippen LogP contribution is -2.32. The number of aryl methyl sites for hydroxylation is 1. The maximum absolute atomic E-state index is 11.0. The number of anilines is 1. The van der Waals surface area contributed by atoms with Crippen molar-refractivity contribution in [2.45, 2.75) is 39.7 Å². The molecule has 1 N–H and O–H groups in total. The first-order chi connectivity index (χ1) is 8.49. The van der Waals surface area contributed by atoms with Crippen molar-refractivity contribution in [3.8, 4) is 0 Å². The first kappa shape index (κ1) is 12.9. The monoisotopic (exact) mass is 247 g/mol. The lowest BCUT2D eigenvalue weighted by atomic mass is 10.1. The molecule has 1 aromatic rings. The lowest BCUT2D eigenvalue weighted by molar-refractivity contribution is 0.0696. The van der Waals surface area contributed by atoms with Crippen LogP contribution < -0.4 is 4.90 Å². The predicted octanol–water partition coefficient (Wildman–Crippen LogP) is 3.32. The van der Waals surface area contributed by atoms with Gasteiger partial charge in [-0.05, 0) is 63.3 Å². The Labute approximate surface area is 108 Å². The zero-order valence-corrected chi connectivity index (χ0v) is 11.3. The molecule has 0 amide bonds. The Morgan fingerprint density at radius 3 is 2.56 bits per heavy atom. The van der Waals surface area contributed by atoms with Gasteiger partial charge in [0.15, 0.2) is 0 Å². The summed E-state index contributed by atoms with van der Waals surface area (Å²) < 4.78 is 0. The molecule has 0 unspecified atom stereocenters. The van der Waals surface area contributed by atoms with Gasteiger partial charge in [-0.3, -0.25) is 0 Å². The molecule has 1 aliphatic carbocycles. The minimum atomic E-state index is -0.850. The van der Waals surface area contributed by atoms with Gasteiger partial charge >= 0.3 is 5.97 Å². The minimum absolute atomic E-state index is 0.397. The van der Waals surface area contributed by atoms with Crippen LogP contribution in [0.5, 0.6) is 0 Å². The largest absolute Gasteiger partial charge is 0.478 e. The molecule has 1 saturated carbocycles. The lowest BCUT2D eigenvalue weighted by Gasteiger charge is -2.29. The van der Waals surface area contributed by atoms with E-state index in [2.05, 4.69) is 18.7 Å². The highest BCUT2D eigenvalue weighted by atomic mass is 16.4. The third-order valence-electron chi connectivity index (χ3n) is 3.55. The van der Waals surface area contributed by atoms with Crippen molar-refractivity contribution >= 4 is 11.7 Å². The van der Waals surface area contributed by atoms with Crippen LogP contribution in [0.25, 0.3) is 0 Å². The van der Waals surface area contributed by atoms with Crippen LogP contribution in [0, 0.1) is 12.8 Å². The summed E-state index contributed by atoms with van der Waals surface area (Å²) in [6.45, 7) is 7.32. The van der Waals surface area contributed by atoms with Gasteiger partial charge in [0, 0.05) is 18.3 Å². The van der Waals surface area contributed by atoms with Gasteiger partial charge in [-0.25, -0.2) is 4.79 Å². The fourth-order valence-electron chi connectivity index (χ4n) is 2.26. The topological polar surface area (TPSA) is 40.5 Å². The standard InChI is InChI=1S/C15H21NO2/c1-10(2)16(9-12-4-5-12)13-6-7-14(15(17)18)11(3)8-13/h6-8,10,12H,4-5,9H2,1-3H3,(H,17,18). The van der Waals surface area contributed by atoms with E-state index in [0.717, 1.165) is 23.7 Å². The predicted molar refractivity (Wildman–Crippen MR) is 73.3 cm³/mol. The van der Waals surface area contributed by atoms with Crippen LogP contribution in [0.15, 0.2) is 18.2 Å². The van der Waals surface area contributed by atoms with Gasteiger partial charge in [-0.1, -0.05) is 0 Å². The third kappa shape index (κ3) is 2.84. The Morgan fingerprint density at radius 2 is 2.11 bits per heavy atom. The molecule has 3 heteroatoms. The second-order valence-corrected chi connectivity index (χ2v) is 5.49. The number of carboxylic acids is 1. The van der Waals surface area contributed by atoms with Crippen LogP contribution in [-0.2, 0) is 0 Å². The van der Waals surface area contributed by atoms with E-state index in [9.17, 15) is 4.79 Å². The van der Waals surface area contributed by atoms with Gasteiger partial charge in [-0.2, -0.15) is 0 Å². The molecule has 0 saturated heterocycles. The molecule has 1 aliphatic rings. The van der Waals surface area contributed by atoms with Crippen molar-refractivity contribution < 1.29 is 9.90 Å². The Balaban J connectivity index is 2.24. The van der Waals surface area contributed by atoms with E-state index in [1.807, 2.05) is 19.1 Å². The summed E-state index contributed by atoms with van der Waals surface area (Å²) in [6.07, 6.45) is 2.66. The number of benzene rings is 1. The fourth-order valence-corrected chi connectivity index (χ4v) is 2.26. The molecule has 98 valence electrons. The van der Waals surface area contributed by atoms with E-state index in [1.165, 1.54) is 12.8 Å². The molecule has 1 aromatic carbocycles. The van der Waals surface area contributed by atoms with E-state index in [0.29, 0.717) is 11.6 Å². The van der Waals surface area contributed by atoms with Gasteiger partial charge in [0.1, 0.15) is 0 Å². The van der Waals surface area contributed by atoms with Crippen molar-refractivity contribution in [3.63, 3.8) is 0 Å². The van der Waals surface area contributed by atoms with Crippen LogP contribution in [0.3, 0.4) is 0 Å². The number of hydrogen-bond donors (Lipinski definition) is 1. The second kappa shape index (κ2) is 5.01. The first-order valence-electron chi connectivity index (χ1n) is 6.59. The van der Waals surface area contributed by atoms with E-state index < -0.39 is 5.97 Å². The second-order valence-electron chi connectivity index (χ2n) is 5.49. The Hall–Kier alpha value is -1.51. The molecule has 0 radical (unpaired) electrons. The molecule has 2 rings (SSSR count). The van der Waals surface area contributed by atoms with Crippen molar-refractivity contribution in [3.05, 3.63) is 29.3 Å². The van der Waals surface area contributed by atoms with E-state index in [1.54, 1.807) is 6.07 Å². The molecular formula is C15H21NO2. The Morgan fingerprint density at radius 1 is 1.44 bits per heavy atom. The molecule has 0 aromatic heterocycles. The molecule has 0 spiro atoms. The van der Waals surface area contributed by atoms with Crippen LogP contribution in [-0.4, -0.2) is 23.7 Å². The number of nitrogens with zero attached hydrogens (tertiary/aromatic N) is 1. The smallest absolute Gasteiger partial charge is 0.335 e. The average Bonchev–Trinajstić information content (AvgIpc) is 3.08. The average molecular weight is 247 g/mol. The van der Waals surface area contributed by atoms with Crippen molar-refractivity contribution in [2.75, 3.05) is 11.4 Å². The van der Waals surface area contributed by atoms with Crippen LogP contribution in [0.4, 0.5) is 5.69 Å². The van der Waals surface area contributed by atoms with Gasteiger partial charge in [0.25, 0.3) is 0 Å². The van der Waals surface area contributed by atoms with Gasteiger partial charge in [0.05, 0.1) is 5.56 Å². The fraction of sp³-hybridized carbons (Fsp3) is 0.533. The van der Waals surface area contributed by atoms with Gasteiger partial charge in [0.2, 0.25) is 0 Å². The summed E-state index contributed by atoms with van der Waals surface area (Å²) in [4.78, 5) is 13.4. The number of rotatable bonds is 5. The highest BCUT2D eigenvalue weighted by molar-refractivity contribution is 5.89. The summed E-state index contributed by atoms with van der Waals surface area (Å²) in [5, 5.41) is 9.05. The molecule has 1 fully saturated rings. The van der Waals surface area contributed by atoms with Crippen LogP contribution >= 0.6 is 0 Å². The molecule has 3 nitrogen and oxygen atoms in total. The van der Waals surface area contributed by atoms with Gasteiger partial charge in [-0.15, -0.1) is 0 Å². The van der Waals surface area contributed by atoms with Crippen LogP contribution in [0.2, 0.25) is 0 Å². The summed E-state index contributed by atoms with van der Waals surface area (Å²) in [5.41, 5.74) is 2.37. The highest BCUT2D eigenvalue weighted by Crippen LogP contribution is 2.32. The zero-order valence-electron chi connectivity index (χ0n) is 11.3. The summed E-state index contributed by atoms with van der Waals surface area (Å²) >= 11 is 0. The summed E-state index contributed by atoms with van der Waals surface area (Å²) in [6, 6.07) is 6.08. The van der Waals surface area contributed by atoms with Crippen molar-refractivity contribution in [2.24, 2.45) is 5.92 Å². The zero-order chi connectivity index (χ0) is 13.3. The number of aromatic carboxylic acids is 1. The first-order valence-corrected chi connectivity index (χ1v) is 6.59. The number of carbonyl (C=O) groups is 1. The summed E-state index contributed by atoms with van der Waals surface area (Å²) in [7, 11) is 0. The van der Waals surface area contributed by atoms with E-state index in [4.69, 9.17) is 5.11 Å². The van der Waals surface area contributed by atoms with Crippen molar-refractivity contribution in [1.29, 1.82) is 0 Å². The number of carboxylic acid groups (broad SMARTS) is 1. The van der Waals surface area contributed by atoms with E-state index >= 15 is 0 Å². The Bertz CT molecular complexity index is 450. The SMILES string of the molecule is Cc1cc(N(CC2CC2)C(C)C)ccc1C(=O)O. The molecule has 18 heavy (non-hydrogen) atoms. The molecule has 0 atom stereocenters. The minimum Gasteiger partial charge on any atom is -0.478 e. The van der Waals surface area contributed by atoms with Crippen molar-refractivity contribution in [1.82, 2.24) is 0 Å².